The van der Waals surface area contributed by atoms with Crippen molar-refractivity contribution in [1.82, 2.24) is 18.9 Å². The highest BCUT2D eigenvalue weighted by molar-refractivity contribution is 8.00. The molecule has 0 saturated carbocycles. The first-order chi connectivity index (χ1) is 14.2. The molecule has 142 valence electrons. The van der Waals surface area contributed by atoms with E-state index in [1.54, 1.807) is 17.0 Å². The van der Waals surface area contributed by atoms with Crippen LogP contribution in [0.4, 0.5) is 5.13 Å². The Morgan fingerprint density at radius 3 is 3.14 bits per heavy atom. The molecule has 0 spiro atoms. The van der Waals surface area contributed by atoms with E-state index >= 15 is 0 Å². The predicted molar refractivity (Wildman–Crippen MR) is 113 cm³/mol. The largest absolute Gasteiger partial charge is 0.420 e. The van der Waals surface area contributed by atoms with Crippen molar-refractivity contribution in [3.8, 4) is 0 Å². The van der Waals surface area contributed by atoms with E-state index in [4.69, 9.17) is 4.42 Å². The molecule has 3 heterocycles. The van der Waals surface area contributed by atoms with Crippen molar-refractivity contribution in [2.45, 2.75) is 17.9 Å². The third-order valence-corrected chi connectivity index (χ3v) is 6.10. The van der Waals surface area contributed by atoms with Crippen molar-refractivity contribution in [3.63, 3.8) is 0 Å². The van der Waals surface area contributed by atoms with Gasteiger partial charge in [0.2, 0.25) is 5.13 Å². The van der Waals surface area contributed by atoms with E-state index in [9.17, 15) is 4.79 Å². The molecule has 3 aromatic heterocycles. The van der Waals surface area contributed by atoms with Gasteiger partial charge in [-0.25, -0.2) is 9.78 Å². The second-order valence-corrected chi connectivity index (χ2v) is 7.94. The number of pyridine rings is 1. The average Bonchev–Trinajstić information content (AvgIpc) is 3.38. The first-order valence-electron chi connectivity index (χ1n) is 8.71. The highest BCUT2D eigenvalue weighted by atomic mass is 32.2. The number of oxazole rings is 1. The Morgan fingerprint density at radius 2 is 2.28 bits per heavy atom. The highest BCUT2D eigenvalue weighted by Crippen LogP contribution is 2.28. The topological polar surface area (TPSA) is 85.8 Å². The molecule has 1 unspecified atom stereocenters. The number of nitrogens with zero attached hydrogens (tertiary/aromatic N) is 4. The highest BCUT2D eigenvalue weighted by Gasteiger charge is 2.19. The minimum absolute atomic E-state index is 0.251. The normalized spacial score (nSPS) is 13.3. The summed E-state index contributed by atoms with van der Waals surface area (Å²) in [4.78, 5) is 21.9. The Labute approximate surface area is 172 Å². The van der Waals surface area contributed by atoms with Crippen LogP contribution in [0.3, 0.4) is 0 Å². The van der Waals surface area contributed by atoms with Crippen molar-refractivity contribution in [3.05, 3.63) is 75.8 Å². The number of fused-ring (bicyclic) bond motifs is 2. The van der Waals surface area contributed by atoms with Crippen molar-refractivity contribution in [2.24, 2.45) is 0 Å². The van der Waals surface area contributed by atoms with Gasteiger partial charge >= 0.3 is 5.76 Å². The fourth-order valence-electron chi connectivity index (χ4n) is 3.26. The summed E-state index contributed by atoms with van der Waals surface area (Å²) >= 11 is 2.66. The molecule has 0 bridgehead atoms. The number of allylic oxidation sites excluding steroid dienone is 1. The molecule has 0 radical (unpaired) electrons. The molecular weight excluding hydrogens is 406 g/mol. The number of hydrogen-bond acceptors (Lipinski definition) is 8. The van der Waals surface area contributed by atoms with Crippen LogP contribution in [-0.2, 0) is 0 Å². The molecule has 1 aliphatic rings. The zero-order valence-electron chi connectivity index (χ0n) is 15.1. The lowest BCUT2D eigenvalue weighted by molar-refractivity contribution is 0.498. The summed E-state index contributed by atoms with van der Waals surface area (Å²) in [5.41, 5.74) is 8.31. The monoisotopic (exact) mass is 419 g/mol. The van der Waals surface area contributed by atoms with Gasteiger partial charge in [0.1, 0.15) is 6.33 Å². The summed E-state index contributed by atoms with van der Waals surface area (Å²) in [7, 11) is 0. The van der Waals surface area contributed by atoms with E-state index in [0.29, 0.717) is 10.7 Å². The molecular formula is C20H13N5O2S2. The first-order valence-corrected chi connectivity index (χ1v) is 10.3. The molecule has 0 saturated heterocycles. The first kappa shape index (κ1) is 17.7. The smallest absolute Gasteiger partial charge is 0.408 e. The number of benzene rings is 1. The summed E-state index contributed by atoms with van der Waals surface area (Å²) < 4.78 is 14.3. The van der Waals surface area contributed by atoms with Crippen molar-refractivity contribution in [1.29, 1.82) is 0 Å². The summed E-state index contributed by atoms with van der Waals surface area (Å²) in [6.45, 7) is 1.96. The van der Waals surface area contributed by atoms with Gasteiger partial charge < -0.3 is 9.14 Å². The minimum Gasteiger partial charge on any atom is -0.408 e. The lowest BCUT2D eigenvalue weighted by Crippen LogP contribution is -2.31. The van der Waals surface area contributed by atoms with Crippen LogP contribution in [0, 0.1) is 0 Å². The fraction of sp³-hybridized carbons (Fsp3) is 0.100. The molecule has 4 aromatic rings. The van der Waals surface area contributed by atoms with Gasteiger partial charge in [0.05, 0.1) is 11.6 Å². The summed E-state index contributed by atoms with van der Waals surface area (Å²) in [6.07, 6.45) is 6.84. The lowest BCUT2D eigenvalue weighted by atomic mass is 10.0. The molecule has 1 N–H and O–H groups in total. The number of aromatic nitrogens is 4. The fourth-order valence-corrected chi connectivity index (χ4v) is 4.38. The van der Waals surface area contributed by atoms with Crippen LogP contribution in [0.2, 0.25) is 0 Å². The number of anilines is 1. The average molecular weight is 419 g/mol. The van der Waals surface area contributed by atoms with E-state index < -0.39 is 5.76 Å². The van der Waals surface area contributed by atoms with Crippen LogP contribution < -0.4 is 20.9 Å². The van der Waals surface area contributed by atoms with Crippen molar-refractivity contribution < 1.29 is 4.42 Å². The Morgan fingerprint density at radius 1 is 1.34 bits per heavy atom. The van der Waals surface area contributed by atoms with Crippen LogP contribution in [0.15, 0.2) is 68.9 Å². The minimum atomic E-state index is -0.406. The van der Waals surface area contributed by atoms with E-state index in [1.807, 2.05) is 37.3 Å². The summed E-state index contributed by atoms with van der Waals surface area (Å²) in [6, 6.07) is 7.29. The second kappa shape index (κ2) is 7.24. The maximum Gasteiger partial charge on any atom is 0.420 e. The third kappa shape index (κ3) is 3.22. The molecule has 7 nitrogen and oxygen atoms in total. The van der Waals surface area contributed by atoms with Gasteiger partial charge in [-0.15, -0.1) is 0 Å². The SMILES string of the molecule is CC(C1=c2cnccc2=C=C=C1)n1c(=O)oc2cc(SNc3ncns3)ccc21. The van der Waals surface area contributed by atoms with Gasteiger partial charge in [0.15, 0.2) is 5.58 Å². The molecule has 1 aliphatic carbocycles. The van der Waals surface area contributed by atoms with Crippen LogP contribution in [0.5, 0.6) is 0 Å². The zero-order valence-corrected chi connectivity index (χ0v) is 16.8. The van der Waals surface area contributed by atoms with E-state index in [0.717, 1.165) is 26.4 Å². The molecule has 9 heteroatoms. The Bertz CT molecular complexity index is 1470. The number of hydrogen-bond donors (Lipinski definition) is 1. The van der Waals surface area contributed by atoms with Crippen LogP contribution in [0.25, 0.3) is 22.4 Å². The van der Waals surface area contributed by atoms with Gasteiger partial charge in [-0.3, -0.25) is 9.55 Å². The molecule has 0 aliphatic heterocycles. The van der Waals surface area contributed by atoms with Crippen LogP contribution >= 0.6 is 23.5 Å². The van der Waals surface area contributed by atoms with Crippen molar-refractivity contribution >= 4 is 51.0 Å². The summed E-state index contributed by atoms with van der Waals surface area (Å²) in [5.74, 6) is -0.406. The lowest BCUT2D eigenvalue weighted by Gasteiger charge is -2.15. The Kier molecular flexibility index (Phi) is 4.42. The van der Waals surface area contributed by atoms with E-state index in [-0.39, 0.29) is 6.04 Å². The van der Waals surface area contributed by atoms with Crippen LogP contribution in [-0.4, -0.2) is 18.9 Å². The number of nitrogens with one attached hydrogen (secondary N) is 1. The van der Waals surface area contributed by atoms with E-state index in [1.165, 1.54) is 29.8 Å². The summed E-state index contributed by atoms with van der Waals surface area (Å²) in [5, 5.41) is 2.56. The molecule has 29 heavy (non-hydrogen) atoms. The van der Waals surface area contributed by atoms with Gasteiger partial charge in [0.25, 0.3) is 0 Å². The van der Waals surface area contributed by atoms with Gasteiger partial charge in [-0.05, 0) is 54.8 Å². The van der Waals surface area contributed by atoms with Crippen LogP contribution in [0.1, 0.15) is 13.0 Å². The maximum absolute atomic E-state index is 12.7. The molecule has 0 fully saturated rings. The molecule has 5 rings (SSSR count). The molecule has 1 atom stereocenters. The predicted octanol–water partition coefficient (Wildman–Crippen LogP) is 2.48. The second-order valence-electron chi connectivity index (χ2n) is 6.28. The van der Waals surface area contributed by atoms with Gasteiger partial charge in [-0.2, -0.15) is 4.37 Å². The maximum atomic E-state index is 12.7. The van der Waals surface area contributed by atoms with E-state index in [2.05, 4.69) is 30.5 Å². The zero-order chi connectivity index (χ0) is 19.8. The third-order valence-electron chi connectivity index (χ3n) is 4.61. The molecule has 0 amide bonds. The van der Waals surface area contributed by atoms with Gasteiger partial charge in [-0.1, -0.05) is 11.5 Å². The quantitative estimate of drug-likeness (QED) is 0.393. The van der Waals surface area contributed by atoms with Crippen molar-refractivity contribution in [2.75, 3.05) is 4.72 Å². The van der Waals surface area contributed by atoms with Gasteiger partial charge in [0, 0.05) is 39.3 Å². The Hall–Kier alpha value is -3.35. The standard InChI is InChI=1S/C20H13N5O2S2/c1-12(15-4-2-3-13-7-8-21-10-16(13)15)25-17-6-5-14(9-18(17)27-20(25)26)28-24-19-22-11-23-29-19/h4-12H,1H3,(H,22,23,24). The number of rotatable bonds is 5. The molecule has 1 aromatic carbocycles. The Balaban J connectivity index is 1.54.